The zero-order valence-electron chi connectivity index (χ0n) is 19.4. The Morgan fingerprint density at radius 1 is 1.30 bits per heavy atom. The average molecular weight is 474 g/mol. The first-order valence-electron chi connectivity index (χ1n) is 11.3. The van der Waals surface area contributed by atoms with Gasteiger partial charge in [-0.05, 0) is 70.1 Å². The number of nitrogens with zero attached hydrogens (tertiary/aromatic N) is 3. The maximum Gasteiger partial charge on any atom is 0.252 e. The zero-order valence-corrected chi connectivity index (χ0v) is 20.2. The van der Waals surface area contributed by atoms with Crippen molar-refractivity contribution in [1.29, 1.82) is 0 Å². The predicted molar refractivity (Wildman–Crippen MR) is 128 cm³/mol. The van der Waals surface area contributed by atoms with E-state index in [1.807, 2.05) is 4.90 Å². The molecule has 178 valence electrons. The van der Waals surface area contributed by atoms with E-state index in [0.717, 1.165) is 37.7 Å². The summed E-state index contributed by atoms with van der Waals surface area (Å²) in [6, 6.07) is 6.26. The van der Waals surface area contributed by atoms with Gasteiger partial charge in [0, 0.05) is 24.2 Å². The summed E-state index contributed by atoms with van der Waals surface area (Å²) in [4.78, 5) is 35.8. The van der Waals surface area contributed by atoms with E-state index in [4.69, 9.17) is 22.1 Å². The number of benzene rings is 1. The quantitative estimate of drug-likeness (QED) is 0.596. The molecule has 0 bridgehead atoms. The van der Waals surface area contributed by atoms with E-state index in [9.17, 15) is 9.59 Å². The highest BCUT2D eigenvalue weighted by Gasteiger charge is 2.26. The Balaban J connectivity index is 1.52. The van der Waals surface area contributed by atoms with Crippen LogP contribution in [0.2, 0.25) is 5.15 Å². The summed E-state index contributed by atoms with van der Waals surface area (Å²) in [5.41, 5.74) is 7.29. The van der Waals surface area contributed by atoms with Gasteiger partial charge in [0.15, 0.2) is 0 Å². The van der Waals surface area contributed by atoms with Crippen molar-refractivity contribution < 1.29 is 14.3 Å². The van der Waals surface area contributed by atoms with Gasteiger partial charge in [0.2, 0.25) is 5.91 Å². The van der Waals surface area contributed by atoms with Gasteiger partial charge in [-0.2, -0.15) is 0 Å². The summed E-state index contributed by atoms with van der Waals surface area (Å²) in [5, 5.41) is 3.23. The van der Waals surface area contributed by atoms with Crippen LogP contribution in [0.4, 0.5) is 5.82 Å². The zero-order chi connectivity index (χ0) is 24.0. The van der Waals surface area contributed by atoms with E-state index >= 15 is 0 Å². The van der Waals surface area contributed by atoms with Crippen LogP contribution in [0.3, 0.4) is 0 Å². The van der Waals surface area contributed by atoms with E-state index in [-0.39, 0.29) is 11.8 Å². The molecule has 2 amide bonds. The van der Waals surface area contributed by atoms with Crippen LogP contribution in [-0.2, 0) is 11.2 Å². The largest absolute Gasteiger partial charge is 0.497 e. The number of hydrogen-bond donors (Lipinski definition) is 2. The molecule has 2 atom stereocenters. The highest BCUT2D eigenvalue weighted by Crippen LogP contribution is 2.27. The summed E-state index contributed by atoms with van der Waals surface area (Å²) in [5.74, 6) is 1.71. The Bertz CT molecular complexity index is 977. The minimum absolute atomic E-state index is 0.0638. The molecule has 8 nitrogen and oxygen atoms in total. The second-order valence-corrected chi connectivity index (χ2v) is 8.87. The van der Waals surface area contributed by atoms with Crippen LogP contribution < -0.4 is 15.8 Å². The number of nitrogens with two attached hydrogens (primary N) is 1. The lowest BCUT2D eigenvalue weighted by Gasteiger charge is -2.25. The van der Waals surface area contributed by atoms with Crippen molar-refractivity contribution in [2.75, 3.05) is 25.9 Å². The fourth-order valence-corrected chi connectivity index (χ4v) is 4.53. The van der Waals surface area contributed by atoms with Crippen LogP contribution in [0.25, 0.3) is 0 Å². The van der Waals surface area contributed by atoms with Crippen LogP contribution in [0.1, 0.15) is 54.4 Å². The lowest BCUT2D eigenvalue weighted by atomic mass is 9.93. The van der Waals surface area contributed by atoms with Crippen molar-refractivity contribution in [3.8, 4) is 5.75 Å². The van der Waals surface area contributed by atoms with Gasteiger partial charge in [0.1, 0.15) is 28.6 Å². The molecule has 1 aliphatic rings. The first-order valence-corrected chi connectivity index (χ1v) is 11.7. The van der Waals surface area contributed by atoms with E-state index < -0.39 is 6.04 Å². The SMILES string of the molecule is COc1cccc(C(=O)N[C@@H](C)C(=O)N2CCCC(CCc3c(N)nc(C)nc3Cl)CC2)c1. The molecule has 33 heavy (non-hydrogen) atoms. The maximum absolute atomic E-state index is 13.0. The first kappa shape index (κ1) is 24.8. The number of nitrogen functional groups attached to an aromatic ring is 1. The average Bonchev–Trinajstić information content (AvgIpc) is 3.03. The smallest absolute Gasteiger partial charge is 0.252 e. The van der Waals surface area contributed by atoms with Gasteiger partial charge in [0.05, 0.1) is 7.11 Å². The van der Waals surface area contributed by atoms with Gasteiger partial charge >= 0.3 is 0 Å². The molecule has 1 fully saturated rings. The van der Waals surface area contributed by atoms with Crippen LogP contribution in [0.5, 0.6) is 5.75 Å². The van der Waals surface area contributed by atoms with Crippen molar-refractivity contribution >= 4 is 29.2 Å². The van der Waals surface area contributed by atoms with Gasteiger partial charge < -0.3 is 20.7 Å². The molecule has 3 N–H and O–H groups in total. The number of aromatic nitrogens is 2. The normalized spacial score (nSPS) is 17.2. The number of anilines is 1. The first-order chi connectivity index (χ1) is 15.8. The Kier molecular flexibility index (Phi) is 8.49. The number of rotatable bonds is 7. The molecule has 1 aromatic heterocycles. The fourth-order valence-electron chi connectivity index (χ4n) is 4.22. The van der Waals surface area contributed by atoms with Crippen molar-refractivity contribution in [2.24, 2.45) is 5.92 Å². The second-order valence-electron chi connectivity index (χ2n) is 8.51. The fraction of sp³-hybridized carbons (Fsp3) is 0.500. The van der Waals surface area contributed by atoms with Gasteiger partial charge in [-0.15, -0.1) is 0 Å². The number of amides is 2. The molecule has 3 rings (SSSR count). The third-order valence-electron chi connectivity index (χ3n) is 6.11. The van der Waals surface area contributed by atoms with Crippen molar-refractivity contribution in [1.82, 2.24) is 20.2 Å². The van der Waals surface area contributed by atoms with Crippen LogP contribution in [0.15, 0.2) is 24.3 Å². The standard InChI is InChI=1S/C24H32ClN5O3/c1-15(27-23(31)18-7-4-8-19(14-18)33-3)24(32)30-12-5-6-17(11-13-30)9-10-20-21(25)28-16(2)29-22(20)26/h4,7-8,14-15,17H,5-6,9-13H2,1-3H3,(H,27,31)(H2,26,28,29)/t15-,17?/m0/s1. The number of hydrogen-bond acceptors (Lipinski definition) is 6. The van der Waals surface area contributed by atoms with E-state index in [1.165, 1.54) is 0 Å². The molecule has 1 saturated heterocycles. The topological polar surface area (TPSA) is 110 Å². The van der Waals surface area contributed by atoms with Gasteiger partial charge in [0.25, 0.3) is 5.91 Å². The number of nitrogens with one attached hydrogen (secondary N) is 1. The van der Waals surface area contributed by atoms with E-state index in [1.54, 1.807) is 45.2 Å². The lowest BCUT2D eigenvalue weighted by Crippen LogP contribution is -2.47. The third-order valence-corrected chi connectivity index (χ3v) is 6.42. The molecule has 2 heterocycles. The number of halogens is 1. The van der Waals surface area contributed by atoms with E-state index in [2.05, 4.69) is 15.3 Å². The highest BCUT2D eigenvalue weighted by molar-refractivity contribution is 6.30. The number of carbonyl (C=O) groups is 2. The molecule has 1 unspecified atom stereocenters. The Morgan fingerprint density at radius 3 is 2.82 bits per heavy atom. The Hall–Kier alpha value is -2.87. The van der Waals surface area contributed by atoms with Crippen molar-refractivity contribution in [2.45, 2.75) is 52.0 Å². The molecule has 0 spiro atoms. The summed E-state index contributed by atoms with van der Waals surface area (Å²) < 4.78 is 5.17. The molecule has 0 saturated carbocycles. The summed E-state index contributed by atoms with van der Waals surface area (Å²) in [6.45, 7) is 4.84. The van der Waals surface area contributed by atoms with Gasteiger partial charge in [-0.3, -0.25) is 9.59 Å². The van der Waals surface area contributed by atoms with Crippen molar-refractivity contribution in [3.05, 3.63) is 46.4 Å². The van der Waals surface area contributed by atoms with Crippen LogP contribution in [0, 0.1) is 12.8 Å². The lowest BCUT2D eigenvalue weighted by molar-refractivity contribution is -0.132. The molecule has 2 aromatic rings. The Labute approximate surface area is 199 Å². The van der Waals surface area contributed by atoms with E-state index in [0.29, 0.717) is 47.1 Å². The Morgan fingerprint density at radius 2 is 2.09 bits per heavy atom. The molecule has 9 heteroatoms. The maximum atomic E-state index is 13.0. The number of ether oxygens (including phenoxy) is 1. The van der Waals surface area contributed by atoms with Gasteiger partial charge in [-0.25, -0.2) is 9.97 Å². The highest BCUT2D eigenvalue weighted by atomic mass is 35.5. The van der Waals surface area contributed by atoms with Crippen molar-refractivity contribution in [3.63, 3.8) is 0 Å². The molecular formula is C24H32ClN5O3. The summed E-state index contributed by atoms with van der Waals surface area (Å²) in [7, 11) is 1.55. The second kappa shape index (κ2) is 11.3. The number of methoxy groups -OCH3 is 1. The van der Waals surface area contributed by atoms with Crippen LogP contribution >= 0.6 is 11.6 Å². The molecule has 1 aliphatic heterocycles. The summed E-state index contributed by atoms with van der Waals surface area (Å²) >= 11 is 6.26. The van der Waals surface area contributed by atoms with Crippen LogP contribution in [-0.4, -0.2) is 52.9 Å². The number of carbonyl (C=O) groups excluding carboxylic acids is 2. The number of likely N-dealkylation sites (tertiary alicyclic amines) is 1. The monoisotopic (exact) mass is 473 g/mol. The third kappa shape index (κ3) is 6.57. The predicted octanol–water partition coefficient (Wildman–Crippen LogP) is 3.41. The molecule has 1 aromatic carbocycles. The molecule has 0 aliphatic carbocycles. The summed E-state index contributed by atoms with van der Waals surface area (Å²) in [6.07, 6.45) is 4.47. The van der Waals surface area contributed by atoms with Gasteiger partial charge in [-0.1, -0.05) is 17.7 Å². The molecule has 0 radical (unpaired) electrons. The molecular weight excluding hydrogens is 442 g/mol. The number of aryl methyl sites for hydroxylation is 1. The minimum atomic E-state index is -0.608. The minimum Gasteiger partial charge on any atom is -0.497 e.